The highest BCUT2D eigenvalue weighted by atomic mass is 35.5. The standard InChI is InChI=1S/C5H10ClN3O2.ClH/c6-3(4(10)11)1-2-9-5(7)8;/h3H,1-2H2,(H,10,11)(H4,7,8,9);1H. The lowest BCUT2D eigenvalue weighted by Gasteiger charge is -1.99. The van der Waals surface area contributed by atoms with E-state index >= 15 is 0 Å². The van der Waals surface area contributed by atoms with Gasteiger partial charge in [0.15, 0.2) is 5.96 Å². The molecule has 0 aliphatic heterocycles. The van der Waals surface area contributed by atoms with Crippen LogP contribution in [-0.4, -0.2) is 29.0 Å². The van der Waals surface area contributed by atoms with Crippen LogP contribution in [-0.2, 0) is 4.79 Å². The molecule has 0 aromatic carbocycles. The van der Waals surface area contributed by atoms with Gasteiger partial charge in [-0.05, 0) is 6.42 Å². The Labute approximate surface area is 81.2 Å². The summed E-state index contributed by atoms with van der Waals surface area (Å²) in [7, 11) is 0. The SMILES string of the molecule is Cl.NC(N)=NCCC(Cl)C(=O)O. The first-order chi connectivity index (χ1) is 5.04. The molecule has 0 aromatic heterocycles. The molecular weight excluding hydrogens is 205 g/mol. The van der Waals surface area contributed by atoms with Crippen LogP contribution in [0.25, 0.3) is 0 Å². The molecule has 0 bridgehead atoms. The quantitative estimate of drug-likeness (QED) is 0.343. The first kappa shape index (κ1) is 13.9. The maximum atomic E-state index is 10.1. The summed E-state index contributed by atoms with van der Waals surface area (Å²) >= 11 is 5.35. The minimum absolute atomic E-state index is 0. The van der Waals surface area contributed by atoms with Crippen LogP contribution in [0.3, 0.4) is 0 Å². The second-order valence-electron chi connectivity index (χ2n) is 1.90. The predicted molar refractivity (Wildman–Crippen MR) is 49.8 cm³/mol. The molecule has 0 aromatic rings. The number of aliphatic imine (C=N–C) groups is 1. The molecule has 1 unspecified atom stereocenters. The van der Waals surface area contributed by atoms with Crippen LogP contribution in [0.1, 0.15) is 6.42 Å². The Kier molecular flexibility index (Phi) is 8.09. The summed E-state index contributed by atoms with van der Waals surface area (Å²) in [6, 6.07) is 0. The van der Waals surface area contributed by atoms with Crippen molar-refractivity contribution in [2.24, 2.45) is 16.5 Å². The number of nitrogens with two attached hydrogens (primary N) is 2. The number of guanidine groups is 1. The number of hydrogen-bond acceptors (Lipinski definition) is 2. The highest BCUT2D eigenvalue weighted by molar-refractivity contribution is 6.29. The van der Waals surface area contributed by atoms with Crippen molar-refractivity contribution in [1.29, 1.82) is 0 Å². The third-order valence-corrected chi connectivity index (χ3v) is 1.35. The Morgan fingerprint density at radius 1 is 1.58 bits per heavy atom. The van der Waals surface area contributed by atoms with E-state index in [1.807, 2.05) is 0 Å². The maximum absolute atomic E-state index is 10.1. The molecule has 0 saturated carbocycles. The topological polar surface area (TPSA) is 102 Å². The van der Waals surface area contributed by atoms with Gasteiger partial charge in [0.2, 0.25) is 0 Å². The third kappa shape index (κ3) is 7.43. The van der Waals surface area contributed by atoms with Crippen molar-refractivity contribution in [2.75, 3.05) is 6.54 Å². The lowest BCUT2D eigenvalue weighted by Crippen LogP contribution is -2.23. The molecule has 12 heavy (non-hydrogen) atoms. The molecule has 0 saturated heterocycles. The van der Waals surface area contributed by atoms with E-state index in [0.717, 1.165) is 0 Å². The van der Waals surface area contributed by atoms with E-state index in [-0.39, 0.29) is 31.3 Å². The first-order valence-corrected chi connectivity index (χ1v) is 3.40. The van der Waals surface area contributed by atoms with Gasteiger partial charge < -0.3 is 16.6 Å². The summed E-state index contributed by atoms with van der Waals surface area (Å²) in [6.07, 6.45) is 0.231. The summed E-state index contributed by atoms with van der Waals surface area (Å²) in [4.78, 5) is 13.7. The summed E-state index contributed by atoms with van der Waals surface area (Å²) in [5.41, 5.74) is 9.98. The minimum atomic E-state index is -1.06. The average Bonchev–Trinajstić information content (AvgIpc) is 1.86. The van der Waals surface area contributed by atoms with Crippen LogP contribution in [0, 0.1) is 0 Å². The van der Waals surface area contributed by atoms with Gasteiger partial charge in [-0.1, -0.05) is 0 Å². The van der Waals surface area contributed by atoms with E-state index in [0.29, 0.717) is 0 Å². The normalized spacial score (nSPS) is 11.1. The smallest absolute Gasteiger partial charge is 0.321 e. The van der Waals surface area contributed by atoms with Crippen LogP contribution in [0.4, 0.5) is 0 Å². The monoisotopic (exact) mass is 215 g/mol. The molecule has 72 valence electrons. The van der Waals surface area contributed by atoms with Gasteiger partial charge in [0.25, 0.3) is 0 Å². The second-order valence-corrected chi connectivity index (χ2v) is 2.43. The fraction of sp³-hybridized carbons (Fsp3) is 0.600. The molecule has 7 heteroatoms. The van der Waals surface area contributed by atoms with Crippen LogP contribution in [0.5, 0.6) is 0 Å². The van der Waals surface area contributed by atoms with E-state index in [1.165, 1.54) is 0 Å². The van der Waals surface area contributed by atoms with Crippen molar-refractivity contribution < 1.29 is 9.90 Å². The van der Waals surface area contributed by atoms with Gasteiger partial charge in [0.1, 0.15) is 5.38 Å². The molecule has 0 rings (SSSR count). The number of carbonyl (C=O) groups is 1. The molecule has 0 fully saturated rings. The van der Waals surface area contributed by atoms with Gasteiger partial charge in [0.05, 0.1) is 0 Å². The van der Waals surface area contributed by atoms with E-state index < -0.39 is 11.3 Å². The zero-order valence-electron chi connectivity index (χ0n) is 6.24. The van der Waals surface area contributed by atoms with Crippen molar-refractivity contribution in [3.8, 4) is 0 Å². The summed E-state index contributed by atoms with van der Waals surface area (Å²) in [5, 5.41) is 7.39. The second kappa shape index (κ2) is 7.00. The third-order valence-electron chi connectivity index (χ3n) is 0.945. The van der Waals surface area contributed by atoms with Crippen molar-refractivity contribution in [1.82, 2.24) is 0 Å². The van der Waals surface area contributed by atoms with E-state index in [1.54, 1.807) is 0 Å². The fourth-order valence-electron chi connectivity index (χ4n) is 0.430. The van der Waals surface area contributed by atoms with Crippen LogP contribution in [0.2, 0.25) is 0 Å². The molecule has 0 amide bonds. The number of carboxylic acids is 1. The number of aliphatic carboxylic acids is 1. The lowest BCUT2D eigenvalue weighted by molar-refractivity contribution is -0.136. The molecular formula is C5H11Cl2N3O2. The first-order valence-electron chi connectivity index (χ1n) is 2.96. The van der Waals surface area contributed by atoms with Gasteiger partial charge in [-0.3, -0.25) is 9.79 Å². The molecule has 0 aliphatic carbocycles. The Morgan fingerprint density at radius 3 is 2.42 bits per heavy atom. The van der Waals surface area contributed by atoms with Crippen LogP contribution >= 0.6 is 24.0 Å². The zero-order chi connectivity index (χ0) is 8.85. The molecule has 0 spiro atoms. The van der Waals surface area contributed by atoms with Crippen molar-refractivity contribution in [2.45, 2.75) is 11.8 Å². The highest BCUT2D eigenvalue weighted by Crippen LogP contribution is 2.01. The van der Waals surface area contributed by atoms with Crippen molar-refractivity contribution in [3.05, 3.63) is 0 Å². The summed E-state index contributed by atoms with van der Waals surface area (Å²) < 4.78 is 0. The number of carboxylic acid groups (broad SMARTS) is 1. The van der Waals surface area contributed by atoms with Gasteiger partial charge in [-0.25, -0.2) is 0 Å². The zero-order valence-corrected chi connectivity index (χ0v) is 7.81. The highest BCUT2D eigenvalue weighted by Gasteiger charge is 2.11. The summed E-state index contributed by atoms with van der Waals surface area (Å²) in [5.74, 6) is -1.11. The van der Waals surface area contributed by atoms with E-state index in [9.17, 15) is 4.79 Å². The molecule has 5 nitrogen and oxygen atoms in total. The molecule has 0 radical (unpaired) electrons. The molecule has 1 atom stereocenters. The fourth-order valence-corrected chi connectivity index (χ4v) is 0.528. The average molecular weight is 216 g/mol. The maximum Gasteiger partial charge on any atom is 0.321 e. The Hall–Kier alpha value is -0.680. The summed E-state index contributed by atoms with van der Waals surface area (Å²) in [6.45, 7) is 0.239. The molecule has 5 N–H and O–H groups in total. The van der Waals surface area contributed by atoms with E-state index in [2.05, 4.69) is 4.99 Å². The Morgan fingerprint density at radius 2 is 2.08 bits per heavy atom. The number of hydrogen-bond donors (Lipinski definition) is 3. The molecule has 0 heterocycles. The van der Waals surface area contributed by atoms with Crippen molar-refractivity contribution >= 4 is 35.9 Å². The van der Waals surface area contributed by atoms with Crippen LogP contribution in [0.15, 0.2) is 4.99 Å². The van der Waals surface area contributed by atoms with Gasteiger partial charge in [0, 0.05) is 6.54 Å². The number of halogens is 2. The van der Waals surface area contributed by atoms with E-state index in [4.69, 9.17) is 28.2 Å². The van der Waals surface area contributed by atoms with Gasteiger partial charge in [-0.2, -0.15) is 0 Å². The Bertz CT molecular complexity index is 170. The van der Waals surface area contributed by atoms with Gasteiger partial charge >= 0.3 is 5.97 Å². The minimum Gasteiger partial charge on any atom is -0.480 e. The largest absolute Gasteiger partial charge is 0.480 e. The molecule has 0 aliphatic rings. The number of alkyl halides is 1. The van der Waals surface area contributed by atoms with Crippen molar-refractivity contribution in [3.63, 3.8) is 0 Å². The predicted octanol–water partition coefficient (Wildman–Crippen LogP) is -0.236. The van der Waals surface area contributed by atoms with Gasteiger partial charge in [-0.15, -0.1) is 24.0 Å². The lowest BCUT2D eigenvalue weighted by atomic mass is 10.3. The Balaban J connectivity index is 0. The number of nitrogens with zero attached hydrogens (tertiary/aromatic N) is 1. The van der Waals surface area contributed by atoms with Crippen LogP contribution < -0.4 is 11.5 Å². The number of rotatable bonds is 4.